The quantitative estimate of drug-likeness (QED) is 0.218. The summed E-state index contributed by atoms with van der Waals surface area (Å²) in [6, 6.07) is 8.51. The number of ether oxygens (including phenoxy) is 1. The number of hydrogen-bond donors (Lipinski definition) is 0. The molecule has 2 aromatic rings. The summed E-state index contributed by atoms with van der Waals surface area (Å²) >= 11 is 24.1. The second kappa shape index (κ2) is 6.17. The maximum Gasteiger partial charge on any atom is 0.345 e. The van der Waals surface area contributed by atoms with Crippen LogP contribution < -0.4 is 0 Å². The number of allylic oxidation sites excluding steroid dienone is 1. The van der Waals surface area contributed by atoms with E-state index in [9.17, 15) is 9.59 Å². The van der Waals surface area contributed by atoms with E-state index < -0.39 is 5.97 Å². The summed E-state index contributed by atoms with van der Waals surface area (Å²) in [5.41, 5.74) is 0.602. The number of ketones is 1. The molecule has 1 heterocycles. The molecular formula is C16H6Cl4O3. The predicted molar refractivity (Wildman–Crippen MR) is 90.6 cm³/mol. The van der Waals surface area contributed by atoms with Crippen LogP contribution in [0.5, 0.6) is 0 Å². The van der Waals surface area contributed by atoms with Crippen LogP contribution in [0.15, 0.2) is 36.4 Å². The second-order valence-corrected chi connectivity index (χ2v) is 6.15. The third kappa shape index (κ3) is 2.74. The number of esters is 1. The number of cyclic esters (lactones) is 1. The molecule has 0 N–H and O–H groups in total. The second-order valence-electron chi connectivity index (χ2n) is 4.63. The molecule has 0 saturated heterocycles. The number of carbonyl (C=O) groups is 2. The van der Waals surface area contributed by atoms with Crippen LogP contribution >= 0.6 is 46.4 Å². The zero-order chi connectivity index (χ0) is 16.7. The fourth-order valence-corrected chi connectivity index (χ4v) is 3.19. The summed E-state index contributed by atoms with van der Waals surface area (Å²) in [5, 5.41) is -0.0937. The number of halogens is 4. The molecule has 0 radical (unpaired) electrons. The Labute approximate surface area is 151 Å². The Morgan fingerprint density at radius 3 is 2.04 bits per heavy atom. The largest absolute Gasteiger partial charge is 0.422 e. The topological polar surface area (TPSA) is 43.4 Å². The van der Waals surface area contributed by atoms with Gasteiger partial charge in [-0.1, -0.05) is 76.7 Å². The lowest BCUT2D eigenvalue weighted by molar-refractivity contribution is 0.0715. The number of hydrogen-bond acceptors (Lipinski definition) is 3. The number of rotatable bonds is 2. The summed E-state index contributed by atoms with van der Waals surface area (Å²) in [6.45, 7) is 0. The molecule has 0 unspecified atom stereocenters. The molecule has 0 fully saturated rings. The minimum Gasteiger partial charge on any atom is -0.422 e. The van der Waals surface area contributed by atoms with E-state index in [1.54, 1.807) is 30.3 Å². The zero-order valence-electron chi connectivity index (χ0n) is 11.2. The van der Waals surface area contributed by atoms with Gasteiger partial charge < -0.3 is 4.74 Å². The van der Waals surface area contributed by atoms with Crippen molar-refractivity contribution in [3.63, 3.8) is 0 Å². The zero-order valence-corrected chi connectivity index (χ0v) is 14.2. The predicted octanol–water partition coefficient (Wildman–Crippen LogP) is 5.69. The van der Waals surface area contributed by atoms with Crippen molar-refractivity contribution < 1.29 is 14.3 Å². The van der Waals surface area contributed by atoms with Crippen LogP contribution in [0.1, 0.15) is 26.3 Å². The van der Waals surface area contributed by atoms with Crippen LogP contribution in [0.4, 0.5) is 0 Å². The highest BCUT2D eigenvalue weighted by atomic mass is 35.5. The Bertz CT molecular complexity index is 873. The number of benzene rings is 2. The highest BCUT2D eigenvalue weighted by Gasteiger charge is 2.35. The van der Waals surface area contributed by atoms with Crippen LogP contribution in [0.2, 0.25) is 20.1 Å². The molecule has 116 valence electrons. The van der Waals surface area contributed by atoms with E-state index >= 15 is 0 Å². The lowest BCUT2D eigenvalue weighted by atomic mass is 10.1. The van der Waals surface area contributed by atoms with E-state index in [-0.39, 0.29) is 42.8 Å². The fraction of sp³-hybridized carbons (Fsp3) is 0. The Morgan fingerprint density at radius 1 is 0.870 bits per heavy atom. The van der Waals surface area contributed by atoms with Crippen LogP contribution in [-0.2, 0) is 4.74 Å². The van der Waals surface area contributed by atoms with Crippen molar-refractivity contribution in [2.75, 3.05) is 0 Å². The first kappa shape index (κ1) is 16.3. The summed E-state index contributed by atoms with van der Waals surface area (Å²) in [5.74, 6) is -1.10. The van der Waals surface area contributed by atoms with Crippen LogP contribution in [0, 0.1) is 0 Å². The van der Waals surface area contributed by atoms with Crippen LogP contribution in [0.3, 0.4) is 0 Å². The maximum absolute atomic E-state index is 12.3. The van der Waals surface area contributed by atoms with Gasteiger partial charge in [-0.15, -0.1) is 0 Å². The first-order valence-electron chi connectivity index (χ1n) is 6.31. The number of fused-ring (bicyclic) bond motifs is 1. The van der Waals surface area contributed by atoms with Crippen molar-refractivity contribution in [1.29, 1.82) is 0 Å². The van der Waals surface area contributed by atoms with Gasteiger partial charge in [0.1, 0.15) is 5.76 Å². The van der Waals surface area contributed by atoms with E-state index in [4.69, 9.17) is 51.1 Å². The molecule has 0 aromatic heterocycles. The summed E-state index contributed by atoms with van der Waals surface area (Å²) < 4.78 is 5.11. The Hall–Kier alpha value is -1.52. The maximum atomic E-state index is 12.3. The van der Waals surface area contributed by atoms with Crippen molar-refractivity contribution in [2.45, 2.75) is 0 Å². The summed E-state index contributed by atoms with van der Waals surface area (Å²) in [7, 11) is 0. The Balaban J connectivity index is 2.16. The molecule has 0 aliphatic carbocycles. The van der Waals surface area contributed by atoms with E-state index in [2.05, 4.69) is 0 Å². The van der Waals surface area contributed by atoms with Gasteiger partial charge in [-0.05, 0) is 0 Å². The molecule has 2 aromatic carbocycles. The standard InChI is InChI=1S/C16H6Cl4O3/c17-12-10-9(6-8(21)7-4-2-1-3-5-7)23-16(22)11(10)13(18)15(20)14(12)19/h1-6H. The van der Waals surface area contributed by atoms with Crippen molar-refractivity contribution in [1.82, 2.24) is 0 Å². The fourth-order valence-electron chi connectivity index (χ4n) is 2.16. The van der Waals surface area contributed by atoms with Crippen molar-refractivity contribution in [3.8, 4) is 0 Å². The smallest absolute Gasteiger partial charge is 0.345 e. The Morgan fingerprint density at radius 2 is 1.43 bits per heavy atom. The van der Waals surface area contributed by atoms with E-state index in [1.165, 1.54) is 6.08 Å². The third-order valence-electron chi connectivity index (χ3n) is 3.24. The average molecular weight is 388 g/mol. The molecule has 3 nitrogen and oxygen atoms in total. The lowest BCUT2D eigenvalue weighted by Crippen LogP contribution is -1.96. The monoisotopic (exact) mass is 386 g/mol. The lowest BCUT2D eigenvalue weighted by Gasteiger charge is -2.07. The molecule has 3 rings (SSSR count). The molecule has 0 spiro atoms. The normalized spacial score (nSPS) is 14.8. The minimum atomic E-state index is -0.738. The molecule has 0 atom stereocenters. The van der Waals surface area contributed by atoms with Crippen molar-refractivity contribution in [2.24, 2.45) is 0 Å². The van der Waals surface area contributed by atoms with Gasteiger partial charge in [0.05, 0.1) is 31.2 Å². The molecule has 7 heteroatoms. The van der Waals surface area contributed by atoms with Gasteiger partial charge in [0.15, 0.2) is 5.78 Å². The number of carbonyl (C=O) groups excluding carboxylic acids is 2. The minimum absolute atomic E-state index is 0.00169. The van der Waals surface area contributed by atoms with Crippen molar-refractivity contribution in [3.05, 3.63) is 73.2 Å². The van der Waals surface area contributed by atoms with Gasteiger partial charge in [-0.3, -0.25) is 4.79 Å². The van der Waals surface area contributed by atoms with Gasteiger partial charge in [0, 0.05) is 11.6 Å². The highest BCUT2D eigenvalue weighted by Crippen LogP contribution is 2.47. The summed E-state index contributed by atoms with van der Waals surface area (Å²) in [6.07, 6.45) is 1.17. The van der Waals surface area contributed by atoms with Crippen molar-refractivity contribution >= 4 is 63.9 Å². The summed E-state index contributed by atoms with van der Waals surface area (Å²) in [4.78, 5) is 24.3. The Kier molecular flexibility index (Phi) is 4.39. The highest BCUT2D eigenvalue weighted by molar-refractivity contribution is 6.53. The van der Waals surface area contributed by atoms with Gasteiger partial charge >= 0.3 is 5.97 Å². The van der Waals surface area contributed by atoms with E-state index in [1.807, 2.05) is 0 Å². The van der Waals surface area contributed by atoms with E-state index in [0.717, 1.165) is 0 Å². The van der Waals surface area contributed by atoms with Gasteiger partial charge in [-0.2, -0.15) is 0 Å². The molecule has 0 bridgehead atoms. The molecule has 1 aliphatic heterocycles. The third-order valence-corrected chi connectivity index (χ3v) is 5.04. The van der Waals surface area contributed by atoms with Gasteiger partial charge in [0.2, 0.25) is 0 Å². The van der Waals surface area contributed by atoms with Crippen LogP contribution in [-0.4, -0.2) is 11.8 Å². The first-order chi connectivity index (χ1) is 10.9. The molecular weight excluding hydrogens is 382 g/mol. The van der Waals surface area contributed by atoms with E-state index in [0.29, 0.717) is 5.56 Å². The van der Waals surface area contributed by atoms with Gasteiger partial charge in [0.25, 0.3) is 0 Å². The molecule has 23 heavy (non-hydrogen) atoms. The average Bonchev–Trinajstić information content (AvgIpc) is 2.87. The first-order valence-corrected chi connectivity index (χ1v) is 7.82. The SMILES string of the molecule is O=C(C=C1OC(=O)c2c(Cl)c(Cl)c(Cl)c(Cl)c21)c1ccccc1. The molecule has 0 amide bonds. The molecule has 1 aliphatic rings. The van der Waals surface area contributed by atoms with Gasteiger partial charge in [-0.25, -0.2) is 4.79 Å². The van der Waals surface area contributed by atoms with Crippen LogP contribution in [0.25, 0.3) is 5.76 Å². The molecule has 0 saturated carbocycles.